The maximum absolute atomic E-state index is 13.4. The summed E-state index contributed by atoms with van der Waals surface area (Å²) in [5.74, 6) is 2.25. The quantitative estimate of drug-likeness (QED) is 0.614. The van der Waals surface area contributed by atoms with Crippen LogP contribution in [0.4, 0.5) is 5.82 Å². The van der Waals surface area contributed by atoms with E-state index in [0.29, 0.717) is 42.4 Å². The molecule has 33 heavy (non-hydrogen) atoms. The highest BCUT2D eigenvalue weighted by molar-refractivity contribution is 6.00. The van der Waals surface area contributed by atoms with Gasteiger partial charge in [-0.15, -0.1) is 0 Å². The van der Waals surface area contributed by atoms with E-state index in [4.69, 9.17) is 15.2 Å². The topological polar surface area (TPSA) is 78.3 Å². The molecular weight excluding hydrogens is 414 g/mol. The number of carbonyl (C=O) groups is 1. The van der Waals surface area contributed by atoms with E-state index < -0.39 is 0 Å². The van der Waals surface area contributed by atoms with Crippen molar-refractivity contribution in [1.29, 1.82) is 0 Å². The summed E-state index contributed by atoms with van der Waals surface area (Å²) in [6.07, 6.45) is 2.87. The van der Waals surface area contributed by atoms with Crippen LogP contribution in [0, 0.1) is 5.41 Å². The van der Waals surface area contributed by atoms with E-state index in [1.807, 2.05) is 47.0 Å². The molecule has 2 heterocycles. The number of fused-ring (bicyclic) bond motifs is 1. The molecule has 2 aliphatic rings. The molecule has 0 unspecified atom stereocenters. The summed E-state index contributed by atoms with van der Waals surface area (Å²) < 4.78 is 13.5. The monoisotopic (exact) mass is 442 g/mol. The van der Waals surface area contributed by atoms with Crippen LogP contribution in [0.2, 0.25) is 0 Å². The summed E-state index contributed by atoms with van der Waals surface area (Å²) in [4.78, 5) is 18.1. The molecule has 0 fully saturated rings. The number of nitrogens with zero attached hydrogens (tertiary/aromatic N) is 2. The second-order valence-corrected chi connectivity index (χ2v) is 9.55. The van der Waals surface area contributed by atoms with Crippen LogP contribution in [-0.2, 0) is 11.3 Å². The Morgan fingerprint density at radius 3 is 2.55 bits per heavy atom. The third kappa shape index (κ3) is 3.86. The predicted octanol–water partition coefficient (Wildman–Crippen LogP) is 4.18. The Labute approximate surface area is 193 Å². The third-order valence-electron chi connectivity index (χ3n) is 6.45. The van der Waals surface area contributed by atoms with Crippen LogP contribution in [-0.4, -0.2) is 17.9 Å². The van der Waals surface area contributed by atoms with Gasteiger partial charge in [0.25, 0.3) is 0 Å². The van der Waals surface area contributed by atoms with Gasteiger partial charge in [-0.1, -0.05) is 61.3 Å². The van der Waals surface area contributed by atoms with Crippen LogP contribution < -0.4 is 19.8 Å². The zero-order valence-corrected chi connectivity index (χ0v) is 19.2. The number of hydrogen-bond acceptors (Lipinski definition) is 5. The number of aromatic nitrogens is 2. The van der Waals surface area contributed by atoms with Gasteiger partial charge < -0.3 is 15.2 Å². The fraction of sp³-hybridized carbons (Fsp3) is 0.296. The van der Waals surface area contributed by atoms with Crippen LogP contribution in [0.1, 0.15) is 49.3 Å². The largest absolute Gasteiger partial charge is 0.497 e. The molecule has 6 heteroatoms. The molecule has 1 aromatic heterocycles. The maximum Gasteiger partial charge on any atom is 0.305 e. The first-order valence-electron chi connectivity index (χ1n) is 11.2. The van der Waals surface area contributed by atoms with E-state index in [-0.39, 0.29) is 17.1 Å². The summed E-state index contributed by atoms with van der Waals surface area (Å²) in [5.41, 5.74) is 10.1. The second kappa shape index (κ2) is 8.03. The first-order valence-corrected chi connectivity index (χ1v) is 11.2. The minimum atomic E-state index is -0.339. The van der Waals surface area contributed by atoms with E-state index >= 15 is 0 Å². The average molecular weight is 443 g/mol. The molecule has 0 bridgehead atoms. The number of hydrogen-bond donors (Lipinski definition) is 1. The smallest absolute Gasteiger partial charge is 0.305 e. The summed E-state index contributed by atoms with van der Waals surface area (Å²) in [6.45, 7) is 4.77. The van der Waals surface area contributed by atoms with Crippen molar-refractivity contribution in [3.63, 3.8) is 0 Å². The first kappa shape index (κ1) is 21.2. The van der Waals surface area contributed by atoms with E-state index in [1.165, 1.54) is 0 Å². The number of ketones is 1. The van der Waals surface area contributed by atoms with Crippen LogP contribution >= 0.6 is 0 Å². The highest BCUT2D eigenvalue weighted by Crippen LogP contribution is 2.50. The number of ether oxygens (including phenoxy) is 2. The summed E-state index contributed by atoms with van der Waals surface area (Å²) in [5, 5.41) is 0. The van der Waals surface area contributed by atoms with Crippen LogP contribution in [0.25, 0.3) is 0 Å². The highest BCUT2D eigenvalue weighted by Gasteiger charge is 2.45. The molecule has 6 nitrogen and oxygen atoms in total. The Bertz CT molecular complexity index is 1250. The van der Waals surface area contributed by atoms with Crippen molar-refractivity contribution >= 4 is 11.6 Å². The molecule has 168 valence electrons. The van der Waals surface area contributed by atoms with Gasteiger partial charge in [-0.2, -0.15) is 0 Å². The van der Waals surface area contributed by atoms with Crippen molar-refractivity contribution in [2.24, 2.45) is 5.41 Å². The van der Waals surface area contributed by atoms with Crippen molar-refractivity contribution in [3.05, 3.63) is 88.9 Å². The van der Waals surface area contributed by atoms with Crippen LogP contribution in [0.5, 0.6) is 11.6 Å². The number of Topliss-reactive ketones (excluding diaryl/α,β-unsaturated/α-hetero) is 1. The molecule has 1 atom stereocenters. The number of allylic oxidation sites excluding steroid dienone is 2. The van der Waals surface area contributed by atoms with E-state index in [9.17, 15) is 4.79 Å². The second-order valence-electron chi connectivity index (χ2n) is 9.55. The van der Waals surface area contributed by atoms with Crippen molar-refractivity contribution in [1.82, 2.24) is 4.98 Å². The molecule has 0 saturated carbocycles. The molecule has 2 aromatic carbocycles. The molecule has 5 rings (SSSR count). The molecular formula is C27H28N3O3+. The normalized spacial score (nSPS) is 18.9. The Morgan fingerprint density at radius 1 is 1.12 bits per heavy atom. The van der Waals surface area contributed by atoms with Gasteiger partial charge in [0.1, 0.15) is 17.1 Å². The van der Waals surface area contributed by atoms with Crippen LogP contribution in [0.15, 0.2) is 72.3 Å². The summed E-state index contributed by atoms with van der Waals surface area (Å²) in [7, 11) is 1.64. The van der Waals surface area contributed by atoms with Gasteiger partial charge >= 0.3 is 5.88 Å². The molecule has 1 aliphatic carbocycles. The van der Waals surface area contributed by atoms with Gasteiger partial charge in [-0.05, 0) is 28.7 Å². The number of anilines is 1. The lowest BCUT2D eigenvalue weighted by Gasteiger charge is -2.37. The van der Waals surface area contributed by atoms with Crippen molar-refractivity contribution in [2.45, 2.75) is 39.2 Å². The number of carbonyl (C=O) groups excluding carboxylic acids is 1. The van der Waals surface area contributed by atoms with E-state index in [0.717, 1.165) is 22.4 Å². The maximum atomic E-state index is 13.4. The molecule has 0 saturated heterocycles. The Kier molecular flexibility index (Phi) is 5.16. The lowest BCUT2D eigenvalue weighted by Crippen LogP contribution is -2.41. The van der Waals surface area contributed by atoms with Gasteiger partial charge in [0.15, 0.2) is 5.78 Å². The SMILES string of the molecule is COc1ccc([C@H]2C3=C(CC(C)(C)CC3=O)Oc3nc[n+](Cc4ccccc4)c(N)c32)cc1. The van der Waals surface area contributed by atoms with Gasteiger partial charge in [0.2, 0.25) is 12.1 Å². The summed E-state index contributed by atoms with van der Waals surface area (Å²) >= 11 is 0. The minimum Gasteiger partial charge on any atom is -0.497 e. The number of methoxy groups -OCH3 is 1. The number of nitrogen functional groups attached to an aromatic ring is 1. The number of rotatable bonds is 4. The Hall–Kier alpha value is -3.67. The Morgan fingerprint density at radius 2 is 1.85 bits per heavy atom. The Balaban J connectivity index is 1.67. The molecule has 1 aliphatic heterocycles. The lowest BCUT2D eigenvalue weighted by molar-refractivity contribution is -0.677. The molecule has 3 aromatic rings. The highest BCUT2D eigenvalue weighted by atomic mass is 16.5. The van der Waals surface area contributed by atoms with Crippen molar-refractivity contribution < 1.29 is 18.8 Å². The fourth-order valence-electron chi connectivity index (χ4n) is 4.86. The molecule has 0 amide bonds. The lowest BCUT2D eigenvalue weighted by atomic mass is 9.70. The van der Waals surface area contributed by atoms with Gasteiger partial charge in [0, 0.05) is 18.4 Å². The molecule has 2 N–H and O–H groups in total. The zero-order chi connectivity index (χ0) is 23.2. The van der Waals surface area contributed by atoms with Gasteiger partial charge in [-0.25, -0.2) is 4.57 Å². The van der Waals surface area contributed by atoms with Gasteiger partial charge in [0.05, 0.1) is 19.6 Å². The van der Waals surface area contributed by atoms with Crippen molar-refractivity contribution in [3.8, 4) is 11.6 Å². The standard InChI is InChI=1S/C27H27N3O3/c1-27(2)13-20(31)23-21(14-27)33-26-24(22(23)18-9-11-19(32-3)12-10-18)25(28)30(16-29-26)15-17-7-5-4-6-8-17/h4-12,16,22,28H,13-15H2,1-3H3/p+1/t22-/m0/s1. The van der Waals surface area contributed by atoms with E-state index in [2.05, 4.69) is 31.0 Å². The molecule has 0 radical (unpaired) electrons. The average Bonchev–Trinajstić information content (AvgIpc) is 2.80. The van der Waals surface area contributed by atoms with Crippen molar-refractivity contribution in [2.75, 3.05) is 12.8 Å². The fourth-order valence-corrected chi connectivity index (χ4v) is 4.86. The van der Waals surface area contributed by atoms with E-state index in [1.54, 1.807) is 13.4 Å². The minimum absolute atomic E-state index is 0.102. The summed E-state index contributed by atoms with van der Waals surface area (Å²) in [6, 6.07) is 17.9. The zero-order valence-electron chi connectivity index (χ0n) is 19.2. The van der Waals surface area contributed by atoms with Gasteiger partial charge in [-0.3, -0.25) is 4.79 Å². The molecule has 0 spiro atoms. The number of nitrogens with two attached hydrogens (primary N) is 1. The third-order valence-corrected chi connectivity index (χ3v) is 6.45. The first-order chi connectivity index (χ1) is 15.9. The van der Waals surface area contributed by atoms with Crippen LogP contribution in [0.3, 0.4) is 0 Å². The predicted molar refractivity (Wildman–Crippen MR) is 125 cm³/mol. The number of benzene rings is 2.